The molecule has 0 saturated carbocycles. The van der Waals surface area contributed by atoms with Gasteiger partial charge in [0.05, 0.1) is 6.61 Å². The van der Waals surface area contributed by atoms with E-state index in [1.165, 1.54) is 44.3 Å². The van der Waals surface area contributed by atoms with Crippen molar-refractivity contribution in [1.82, 2.24) is 0 Å². The standard InChI is InChI=1S/C22H22OS/c24-14-3-1-2-13-23-15-19-10-9-18-8-7-16-5-4-6-17-11-12-20(19)22(18)21(16)17/h4-12,24H,1-3,13-15H2/p-1. The Hall–Kier alpha value is -1.77. The van der Waals surface area contributed by atoms with Crippen LogP contribution < -0.4 is 0 Å². The summed E-state index contributed by atoms with van der Waals surface area (Å²) in [5.74, 6) is 0.856. The van der Waals surface area contributed by atoms with Crippen LogP contribution in [0, 0.1) is 0 Å². The lowest BCUT2D eigenvalue weighted by molar-refractivity contribution is 0.118. The van der Waals surface area contributed by atoms with Gasteiger partial charge in [0.2, 0.25) is 0 Å². The molecule has 122 valence electrons. The van der Waals surface area contributed by atoms with E-state index >= 15 is 0 Å². The van der Waals surface area contributed by atoms with Gasteiger partial charge in [-0.25, -0.2) is 0 Å². The van der Waals surface area contributed by atoms with Gasteiger partial charge in [-0.3, -0.25) is 0 Å². The molecular weight excluding hydrogens is 312 g/mol. The monoisotopic (exact) mass is 333 g/mol. The molecule has 0 atom stereocenters. The van der Waals surface area contributed by atoms with Crippen LogP contribution in [0.4, 0.5) is 0 Å². The van der Waals surface area contributed by atoms with E-state index in [1.807, 2.05) is 0 Å². The van der Waals surface area contributed by atoms with Crippen molar-refractivity contribution >= 4 is 44.9 Å². The zero-order valence-electron chi connectivity index (χ0n) is 13.8. The molecule has 0 spiro atoms. The fourth-order valence-electron chi connectivity index (χ4n) is 3.59. The topological polar surface area (TPSA) is 9.23 Å². The predicted molar refractivity (Wildman–Crippen MR) is 106 cm³/mol. The van der Waals surface area contributed by atoms with Crippen LogP contribution in [0.1, 0.15) is 24.8 Å². The van der Waals surface area contributed by atoms with Crippen LogP contribution >= 0.6 is 0 Å². The molecule has 0 aliphatic rings. The largest absolute Gasteiger partial charge is 0.793 e. The third kappa shape index (κ3) is 2.85. The molecule has 0 amide bonds. The molecule has 4 rings (SSSR count). The van der Waals surface area contributed by atoms with Crippen LogP contribution in [0.3, 0.4) is 0 Å². The van der Waals surface area contributed by atoms with Crippen LogP contribution in [0.5, 0.6) is 0 Å². The minimum Gasteiger partial charge on any atom is -0.793 e. The van der Waals surface area contributed by atoms with Crippen molar-refractivity contribution in [3.8, 4) is 0 Å². The number of hydrogen-bond donors (Lipinski definition) is 0. The molecule has 0 aliphatic carbocycles. The van der Waals surface area contributed by atoms with E-state index < -0.39 is 0 Å². The zero-order chi connectivity index (χ0) is 16.4. The Balaban J connectivity index is 1.67. The predicted octanol–water partition coefficient (Wildman–Crippen LogP) is 5.82. The molecule has 2 heteroatoms. The smallest absolute Gasteiger partial charge is 0.0722 e. The molecule has 0 fully saturated rings. The second-order valence-electron chi connectivity index (χ2n) is 6.40. The Kier molecular flexibility index (Phi) is 4.59. The van der Waals surface area contributed by atoms with Gasteiger partial charge in [0, 0.05) is 6.61 Å². The van der Waals surface area contributed by atoms with Gasteiger partial charge in [-0.15, -0.1) is 0 Å². The maximum absolute atomic E-state index is 5.92. The SMILES string of the molecule is [S-]CCCCCOCc1ccc2ccc3cccc4ccc1c2c34. The van der Waals surface area contributed by atoms with Crippen LogP contribution in [0.15, 0.2) is 54.6 Å². The summed E-state index contributed by atoms with van der Waals surface area (Å²) in [5, 5.41) is 8.00. The average molecular weight is 333 g/mol. The molecule has 1 nitrogen and oxygen atoms in total. The summed E-state index contributed by atoms with van der Waals surface area (Å²) in [7, 11) is 0. The first-order chi connectivity index (χ1) is 11.9. The number of unbranched alkanes of at least 4 members (excludes halogenated alkanes) is 2. The van der Waals surface area contributed by atoms with Crippen LogP contribution in [0.2, 0.25) is 0 Å². The molecule has 0 unspecified atom stereocenters. The molecular formula is C22H21OS-. The quantitative estimate of drug-likeness (QED) is 0.239. The highest BCUT2D eigenvalue weighted by Crippen LogP contribution is 2.36. The van der Waals surface area contributed by atoms with Crippen molar-refractivity contribution in [2.45, 2.75) is 25.9 Å². The average Bonchev–Trinajstić information content (AvgIpc) is 2.63. The molecule has 0 aliphatic heterocycles. The molecule has 4 aromatic rings. The van der Waals surface area contributed by atoms with Crippen LogP contribution in [-0.2, 0) is 24.0 Å². The van der Waals surface area contributed by atoms with Crippen molar-refractivity contribution in [3.05, 3.63) is 60.2 Å². The maximum Gasteiger partial charge on any atom is 0.0722 e. The van der Waals surface area contributed by atoms with E-state index in [9.17, 15) is 0 Å². The third-order valence-electron chi connectivity index (χ3n) is 4.81. The summed E-state index contributed by atoms with van der Waals surface area (Å²) >= 11 is 4.98. The second-order valence-corrected chi connectivity index (χ2v) is 6.81. The highest BCUT2D eigenvalue weighted by molar-refractivity contribution is 7.58. The van der Waals surface area contributed by atoms with E-state index in [0.717, 1.165) is 25.2 Å². The van der Waals surface area contributed by atoms with Crippen molar-refractivity contribution in [2.24, 2.45) is 0 Å². The van der Waals surface area contributed by atoms with Crippen molar-refractivity contribution in [2.75, 3.05) is 12.4 Å². The van der Waals surface area contributed by atoms with Crippen molar-refractivity contribution < 1.29 is 4.74 Å². The molecule has 0 bridgehead atoms. The first kappa shape index (κ1) is 15.7. The van der Waals surface area contributed by atoms with Crippen LogP contribution in [0.25, 0.3) is 32.3 Å². The molecule has 0 saturated heterocycles. The molecule has 4 aromatic carbocycles. The summed E-state index contributed by atoms with van der Waals surface area (Å²) in [4.78, 5) is 0. The third-order valence-corrected chi connectivity index (χ3v) is 5.10. The van der Waals surface area contributed by atoms with Gasteiger partial charge in [0.25, 0.3) is 0 Å². The van der Waals surface area contributed by atoms with E-state index in [-0.39, 0.29) is 0 Å². The zero-order valence-corrected chi connectivity index (χ0v) is 14.6. The Bertz CT molecular complexity index is 944. The van der Waals surface area contributed by atoms with Gasteiger partial charge >= 0.3 is 0 Å². The number of hydrogen-bond acceptors (Lipinski definition) is 2. The fourth-order valence-corrected chi connectivity index (χ4v) is 3.79. The molecule has 24 heavy (non-hydrogen) atoms. The number of rotatable bonds is 7. The summed E-state index contributed by atoms with van der Waals surface area (Å²) < 4.78 is 5.92. The minimum atomic E-state index is 0.683. The Morgan fingerprint density at radius 1 is 0.708 bits per heavy atom. The summed E-state index contributed by atoms with van der Waals surface area (Å²) in [6, 6.07) is 19.9. The highest BCUT2D eigenvalue weighted by Gasteiger charge is 2.10. The first-order valence-electron chi connectivity index (χ1n) is 8.70. The Morgan fingerprint density at radius 3 is 2.21 bits per heavy atom. The lowest BCUT2D eigenvalue weighted by Crippen LogP contribution is -1.97. The van der Waals surface area contributed by atoms with E-state index in [1.54, 1.807) is 0 Å². The molecule has 0 N–H and O–H groups in total. The summed E-state index contributed by atoms with van der Waals surface area (Å²) in [6.07, 6.45) is 3.39. The fraction of sp³-hybridized carbons (Fsp3) is 0.273. The van der Waals surface area contributed by atoms with Gasteiger partial charge in [-0.2, -0.15) is 5.75 Å². The lowest BCUT2D eigenvalue weighted by Gasteiger charge is -2.14. The van der Waals surface area contributed by atoms with Crippen molar-refractivity contribution in [1.29, 1.82) is 0 Å². The van der Waals surface area contributed by atoms with Gasteiger partial charge in [0.15, 0.2) is 0 Å². The van der Waals surface area contributed by atoms with Gasteiger partial charge in [0.1, 0.15) is 0 Å². The van der Waals surface area contributed by atoms with Crippen molar-refractivity contribution in [3.63, 3.8) is 0 Å². The van der Waals surface area contributed by atoms with E-state index in [4.69, 9.17) is 17.4 Å². The van der Waals surface area contributed by atoms with Gasteiger partial charge < -0.3 is 17.4 Å². The molecule has 0 aromatic heterocycles. The van der Waals surface area contributed by atoms with E-state index in [0.29, 0.717) is 6.61 Å². The summed E-state index contributed by atoms with van der Waals surface area (Å²) in [6.45, 7) is 1.50. The van der Waals surface area contributed by atoms with E-state index in [2.05, 4.69) is 54.6 Å². The lowest BCUT2D eigenvalue weighted by atomic mass is 9.92. The molecule has 0 radical (unpaired) electrons. The number of benzene rings is 4. The highest BCUT2D eigenvalue weighted by atomic mass is 32.1. The Morgan fingerprint density at radius 2 is 1.42 bits per heavy atom. The number of ether oxygens (including phenoxy) is 1. The van der Waals surface area contributed by atoms with Gasteiger partial charge in [-0.05, 0) is 44.3 Å². The minimum absolute atomic E-state index is 0.683. The summed E-state index contributed by atoms with van der Waals surface area (Å²) in [5.41, 5.74) is 1.28. The second kappa shape index (κ2) is 7.00. The van der Waals surface area contributed by atoms with Crippen LogP contribution in [-0.4, -0.2) is 12.4 Å². The maximum atomic E-state index is 5.92. The van der Waals surface area contributed by atoms with Gasteiger partial charge in [-0.1, -0.05) is 67.4 Å². The first-order valence-corrected chi connectivity index (χ1v) is 9.27. The molecule has 0 heterocycles. The Labute approximate surface area is 148 Å². The normalized spacial score (nSPS) is 11.9.